The van der Waals surface area contributed by atoms with E-state index in [2.05, 4.69) is 30.0 Å². The van der Waals surface area contributed by atoms with Gasteiger partial charge in [-0.1, -0.05) is 0 Å². The second-order valence-electron chi connectivity index (χ2n) is 9.49. The molecule has 0 aliphatic carbocycles. The Labute approximate surface area is 237 Å². The molecule has 5 rings (SSSR count). The van der Waals surface area contributed by atoms with E-state index in [0.717, 1.165) is 6.54 Å². The molecule has 2 aromatic heterocycles. The van der Waals surface area contributed by atoms with Crippen LogP contribution in [0.3, 0.4) is 0 Å². The molecule has 0 bridgehead atoms. The molecule has 0 radical (unpaired) electrons. The zero-order valence-electron chi connectivity index (χ0n) is 22.9. The number of ether oxygens (including phenoxy) is 4. The van der Waals surface area contributed by atoms with Crippen LogP contribution >= 0.6 is 0 Å². The van der Waals surface area contributed by atoms with Gasteiger partial charge in [-0.25, -0.2) is 19.7 Å². The first-order valence-electron chi connectivity index (χ1n) is 12.9. The third-order valence-corrected chi connectivity index (χ3v) is 6.59. The molecule has 4 aromatic rings. The Hall–Kier alpha value is -4.50. The van der Waals surface area contributed by atoms with E-state index in [9.17, 15) is 23.1 Å². The number of carbonyl (C=O) groups is 1. The van der Waals surface area contributed by atoms with Crippen molar-refractivity contribution in [3.05, 3.63) is 36.0 Å². The number of benzene rings is 2. The summed E-state index contributed by atoms with van der Waals surface area (Å²) in [5.41, 5.74) is 1.24. The number of hydrogen-bond acceptors (Lipinski definition) is 12. The maximum Gasteiger partial charge on any atom is 0.491 e. The van der Waals surface area contributed by atoms with Crippen LogP contribution in [-0.4, -0.2) is 88.7 Å². The number of carbonyl (C=O) groups excluding carboxylic acids is 1. The van der Waals surface area contributed by atoms with Crippen LogP contribution in [0.15, 0.2) is 30.3 Å². The van der Waals surface area contributed by atoms with Crippen LogP contribution < -0.4 is 24.3 Å². The maximum absolute atomic E-state index is 13.1. The lowest BCUT2D eigenvalue weighted by atomic mass is 10.1. The molecule has 2 aromatic carbocycles. The van der Waals surface area contributed by atoms with Gasteiger partial charge in [-0.3, -0.25) is 10.2 Å². The van der Waals surface area contributed by atoms with E-state index in [1.165, 1.54) is 26.4 Å². The van der Waals surface area contributed by atoms with Gasteiger partial charge in [0.2, 0.25) is 17.8 Å². The molecular formula is C27H27F3N6O6. The molecule has 1 fully saturated rings. The summed E-state index contributed by atoms with van der Waals surface area (Å²) in [5, 5.41) is 13.2. The Morgan fingerprint density at radius 3 is 2.43 bits per heavy atom. The molecule has 1 aliphatic heterocycles. The van der Waals surface area contributed by atoms with Crippen molar-refractivity contribution in [1.29, 1.82) is 0 Å². The monoisotopic (exact) mass is 588 g/mol. The minimum atomic E-state index is -5.25. The Kier molecular flexibility index (Phi) is 8.13. The topological polar surface area (TPSA) is 141 Å². The highest BCUT2D eigenvalue weighted by atomic mass is 19.4. The molecule has 42 heavy (non-hydrogen) atoms. The Balaban J connectivity index is 1.45. The first kappa shape index (κ1) is 29.0. The molecule has 3 heterocycles. The van der Waals surface area contributed by atoms with Crippen molar-refractivity contribution in [2.24, 2.45) is 0 Å². The highest BCUT2D eigenvalue weighted by Gasteiger charge is 2.42. The van der Waals surface area contributed by atoms with Crippen molar-refractivity contribution >= 4 is 39.7 Å². The molecule has 222 valence electrons. The Bertz CT molecular complexity index is 1640. The number of alkyl halides is 3. The number of rotatable bonds is 9. The number of aliphatic hydroxyl groups excluding tert-OH is 1. The summed E-state index contributed by atoms with van der Waals surface area (Å²) in [4.78, 5) is 31.0. The van der Waals surface area contributed by atoms with Gasteiger partial charge < -0.3 is 24.1 Å². The quantitative estimate of drug-likeness (QED) is 0.276. The number of β-amino-alcohol motifs (C(OH)–C–C–N with tert-alkyl or cyclic N) is 1. The van der Waals surface area contributed by atoms with Gasteiger partial charge in [0.1, 0.15) is 12.4 Å². The second-order valence-corrected chi connectivity index (χ2v) is 9.49. The van der Waals surface area contributed by atoms with E-state index >= 15 is 0 Å². The van der Waals surface area contributed by atoms with Gasteiger partial charge in [0.05, 0.1) is 42.4 Å². The Morgan fingerprint density at radius 1 is 1.02 bits per heavy atom. The van der Waals surface area contributed by atoms with Gasteiger partial charge in [0.15, 0.2) is 11.5 Å². The van der Waals surface area contributed by atoms with Gasteiger partial charge in [0.25, 0.3) is 0 Å². The average Bonchev–Trinajstić information content (AvgIpc) is 3.36. The van der Waals surface area contributed by atoms with Crippen LogP contribution in [0.5, 0.6) is 23.1 Å². The van der Waals surface area contributed by atoms with Crippen LogP contribution in [0, 0.1) is 6.92 Å². The summed E-state index contributed by atoms with van der Waals surface area (Å²) in [5.74, 6) is -1.97. The largest absolute Gasteiger partial charge is 0.493 e. The van der Waals surface area contributed by atoms with Gasteiger partial charge in [0, 0.05) is 31.1 Å². The van der Waals surface area contributed by atoms with Crippen molar-refractivity contribution < 1.29 is 42.0 Å². The highest BCUT2D eigenvalue weighted by molar-refractivity contribution is 5.90. The van der Waals surface area contributed by atoms with Gasteiger partial charge in [-0.2, -0.15) is 18.2 Å². The minimum Gasteiger partial charge on any atom is -0.493 e. The number of likely N-dealkylation sites (tertiary alicyclic amines) is 1. The molecule has 12 nitrogen and oxygen atoms in total. The van der Waals surface area contributed by atoms with Crippen molar-refractivity contribution in [1.82, 2.24) is 24.8 Å². The van der Waals surface area contributed by atoms with Gasteiger partial charge in [-0.05, 0) is 37.6 Å². The minimum absolute atomic E-state index is 0.0275. The summed E-state index contributed by atoms with van der Waals surface area (Å²) in [6.45, 7) is 3.85. The fraction of sp³-hybridized carbons (Fsp3) is 0.370. The fourth-order valence-electron chi connectivity index (χ4n) is 4.52. The van der Waals surface area contributed by atoms with Gasteiger partial charge in [-0.15, -0.1) is 0 Å². The summed E-state index contributed by atoms with van der Waals surface area (Å²) in [7, 11) is 2.99. The number of anilines is 2. The first-order chi connectivity index (χ1) is 20.0. The number of nitrogens with one attached hydrogen (secondary N) is 1. The summed E-state index contributed by atoms with van der Waals surface area (Å²) < 4.78 is 60.4. The molecule has 1 atom stereocenters. The number of nitrogens with zero attached hydrogens (tertiary/aromatic N) is 5. The number of halogens is 3. The lowest BCUT2D eigenvalue weighted by molar-refractivity contribution is -0.189. The standard InChI is InChI=1S/C27H27F3N6O6/c1-14-17-11-21(39-2)22(40-3)12-20(17)33-25(31-14)35-26-32-19-5-4-16(41-9-8-36-7-6-15(37)13-36)10-18(19)23(34-26)42-24(38)27(28,29)30/h4-5,10-12,15,37H,6-9,13H2,1-3H3,(H,31,32,33,34,35). The number of aliphatic hydroxyl groups is 1. The van der Waals surface area contributed by atoms with E-state index in [1.54, 1.807) is 25.1 Å². The van der Waals surface area contributed by atoms with E-state index < -0.39 is 18.0 Å². The summed E-state index contributed by atoms with van der Waals surface area (Å²) >= 11 is 0. The molecular weight excluding hydrogens is 561 g/mol. The predicted molar refractivity (Wildman–Crippen MR) is 144 cm³/mol. The van der Waals surface area contributed by atoms with Crippen molar-refractivity contribution in [2.75, 3.05) is 45.8 Å². The number of aryl methyl sites for hydroxylation is 1. The lowest BCUT2D eigenvalue weighted by Gasteiger charge is -2.16. The van der Waals surface area contributed by atoms with Crippen LogP contribution in [0.25, 0.3) is 21.8 Å². The number of esters is 1. The molecule has 2 N–H and O–H groups in total. The van der Waals surface area contributed by atoms with Crippen LogP contribution in [0.2, 0.25) is 0 Å². The van der Waals surface area contributed by atoms with Crippen molar-refractivity contribution in [3.63, 3.8) is 0 Å². The molecule has 0 saturated carbocycles. The summed E-state index contributed by atoms with van der Waals surface area (Å²) in [6.07, 6.45) is -4.94. The number of aromatic nitrogens is 4. The van der Waals surface area contributed by atoms with Crippen LogP contribution in [0.4, 0.5) is 25.1 Å². The lowest BCUT2D eigenvalue weighted by Crippen LogP contribution is -2.28. The number of methoxy groups -OCH3 is 2. The SMILES string of the molecule is COc1cc2nc(Nc3nc(OC(=O)C(F)(F)F)c4cc(OCCN5CCC(O)C5)ccc4n3)nc(C)c2cc1OC. The van der Waals surface area contributed by atoms with Crippen LogP contribution in [-0.2, 0) is 4.79 Å². The molecule has 1 unspecified atom stereocenters. The van der Waals surface area contributed by atoms with E-state index in [4.69, 9.17) is 14.2 Å². The van der Waals surface area contributed by atoms with E-state index in [0.29, 0.717) is 53.4 Å². The Morgan fingerprint density at radius 2 is 1.74 bits per heavy atom. The molecule has 0 spiro atoms. The summed E-state index contributed by atoms with van der Waals surface area (Å²) in [6, 6.07) is 7.87. The molecule has 1 aliphatic rings. The molecule has 0 amide bonds. The highest BCUT2D eigenvalue weighted by Crippen LogP contribution is 2.34. The van der Waals surface area contributed by atoms with Crippen molar-refractivity contribution in [2.45, 2.75) is 25.6 Å². The average molecular weight is 589 g/mol. The first-order valence-corrected chi connectivity index (χ1v) is 12.9. The zero-order valence-corrected chi connectivity index (χ0v) is 22.9. The third-order valence-electron chi connectivity index (χ3n) is 6.59. The van der Waals surface area contributed by atoms with E-state index in [-0.39, 0.29) is 35.5 Å². The maximum atomic E-state index is 13.1. The molecule has 15 heteroatoms. The third kappa shape index (κ3) is 6.36. The zero-order chi connectivity index (χ0) is 30.0. The predicted octanol–water partition coefficient (Wildman–Crippen LogP) is 3.56. The van der Waals surface area contributed by atoms with Gasteiger partial charge >= 0.3 is 12.1 Å². The normalized spacial score (nSPS) is 15.6. The number of fused-ring (bicyclic) bond motifs is 2. The molecule has 1 saturated heterocycles. The smallest absolute Gasteiger partial charge is 0.491 e. The second kappa shape index (κ2) is 11.8. The number of hydrogen-bond donors (Lipinski definition) is 2. The van der Waals surface area contributed by atoms with Crippen LogP contribution in [0.1, 0.15) is 12.1 Å². The van der Waals surface area contributed by atoms with E-state index in [1.807, 2.05) is 4.90 Å². The fourth-order valence-corrected chi connectivity index (χ4v) is 4.52. The van der Waals surface area contributed by atoms with Crippen molar-refractivity contribution in [3.8, 4) is 23.1 Å².